The highest BCUT2D eigenvalue weighted by molar-refractivity contribution is 5.69. The summed E-state index contributed by atoms with van der Waals surface area (Å²) in [4.78, 5) is 13.7. The molecule has 4 heteroatoms. The minimum absolute atomic E-state index is 0.149. The van der Waals surface area contributed by atoms with Crippen LogP contribution in [0, 0.1) is 5.92 Å². The molecule has 0 aromatic carbocycles. The Balaban J connectivity index is 1.98. The van der Waals surface area contributed by atoms with Gasteiger partial charge in [-0.1, -0.05) is 0 Å². The van der Waals surface area contributed by atoms with E-state index in [0.717, 1.165) is 19.4 Å². The third-order valence-electron chi connectivity index (χ3n) is 3.16. The zero-order valence-electron chi connectivity index (χ0n) is 9.69. The first-order valence-corrected chi connectivity index (χ1v) is 5.62. The van der Waals surface area contributed by atoms with Gasteiger partial charge in [0.1, 0.15) is 5.60 Å². The lowest BCUT2D eigenvalue weighted by molar-refractivity contribution is 0.0172. The molecule has 2 rings (SSSR count). The lowest BCUT2D eigenvalue weighted by Crippen LogP contribution is -2.49. The molecule has 15 heavy (non-hydrogen) atoms. The minimum Gasteiger partial charge on any atom is -0.444 e. The van der Waals surface area contributed by atoms with E-state index in [4.69, 9.17) is 10.5 Å². The van der Waals surface area contributed by atoms with E-state index in [-0.39, 0.29) is 18.2 Å². The molecule has 1 aliphatic heterocycles. The van der Waals surface area contributed by atoms with Gasteiger partial charge in [-0.15, -0.1) is 0 Å². The van der Waals surface area contributed by atoms with E-state index in [1.165, 1.54) is 0 Å². The van der Waals surface area contributed by atoms with E-state index in [2.05, 4.69) is 0 Å². The maximum absolute atomic E-state index is 11.8. The highest BCUT2D eigenvalue weighted by Gasteiger charge is 2.46. The van der Waals surface area contributed by atoms with Crippen LogP contribution in [0.3, 0.4) is 0 Å². The number of carbonyl (C=O) groups excluding carboxylic acids is 1. The summed E-state index contributed by atoms with van der Waals surface area (Å²) in [5.41, 5.74) is 5.55. The first-order valence-electron chi connectivity index (χ1n) is 5.62. The van der Waals surface area contributed by atoms with Crippen LogP contribution in [0.1, 0.15) is 33.6 Å². The fraction of sp³-hybridized carbons (Fsp3) is 0.909. The third kappa shape index (κ3) is 2.09. The van der Waals surface area contributed by atoms with Gasteiger partial charge in [0, 0.05) is 12.6 Å². The zero-order valence-corrected chi connectivity index (χ0v) is 9.69. The number of ether oxygens (including phenoxy) is 1. The first-order chi connectivity index (χ1) is 6.87. The number of amides is 1. The molecule has 0 aromatic heterocycles. The van der Waals surface area contributed by atoms with E-state index in [9.17, 15) is 4.79 Å². The number of hydrogen-bond donors (Lipinski definition) is 1. The Kier molecular flexibility index (Phi) is 2.41. The van der Waals surface area contributed by atoms with Crippen LogP contribution < -0.4 is 5.73 Å². The standard InChI is InChI=1S/C11H20N2O2/c1-11(2,3)15-10(14)13-6-7-4-8(12)9(13)5-7/h7-9H,4-6,12H2,1-3H3/t7-,8?,9-/m0/s1. The quantitative estimate of drug-likeness (QED) is 0.659. The Labute approximate surface area is 90.8 Å². The van der Waals surface area contributed by atoms with Gasteiger partial charge in [0.25, 0.3) is 0 Å². The van der Waals surface area contributed by atoms with Gasteiger partial charge < -0.3 is 15.4 Å². The smallest absolute Gasteiger partial charge is 0.410 e. The topological polar surface area (TPSA) is 55.6 Å². The van der Waals surface area contributed by atoms with Gasteiger partial charge in [-0.25, -0.2) is 4.79 Å². The first kappa shape index (κ1) is 10.7. The number of hydrogen-bond acceptors (Lipinski definition) is 3. The van der Waals surface area contributed by atoms with E-state index in [1.807, 2.05) is 25.7 Å². The lowest BCUT2D eigenvalue weighted by atomic mass is 10.1. The summed E-state index contributed by atoms with van der Waals surface area (Å²) in [5.74, 6) is 0.595. The average Bonchev–Trinajstić information content (AvgIpc) is 2.58. The third-order valence-corrected chi connectivity index (χ3v) is 3.16. The van der Waals surface area contributed by atoms with E-state index in [1.54, 1.807) is 0 Å². The van der Waals surface area contributed by atoms with Gasteiger partial charge in [0.05, 0.1) is 6.04 Å². The molecule has 1 saturated heterocycles. The Hall–Kier alpha value is -0.770. The zero-order chi connectivity index (χ0) is 11.2. The van der Waals surface area contributed by atoms with Crippen molar-refractivity contribution in [2.75, 3.05) is 6.54 Å². The molecule has 4 nitrogen and oxygen atoms in total. The SMILES string of the molecule is CC(C)(C)OC(=O)N1C[C@H]2CC(N)[C@@H]1C2. The predicted molar refractivity (Wildman–Crippen MR) is 57.4 cm³/mol. The fourth-order valence-corrected chi connectivity index (χ4v) is 2.61. The summed E-state index contributed by atoms with van der Waals surface area (Å²) in [7, 11) is 0. The van der Waals surface area contributed by atoms with Crippen LogP contribution >= 0.6 is 0 Å². The maximum Gasteiger partial charge on any atom is 0.410 e. The number of nitrogens with zero attached hydrogens (tertiary/aromatic N) is 1. The summed E-state index contributed by atoms with van der Waals surface area (Å²) in [5, 5.41) is 0. The second-order valence-electron chi connectivity index (χ2n) is 5.70. The van der Waals surface area contributed by atoms with Crippen LogP contribution in [0.15, 0.2) is 0 Å². The molecule has 1 saturated carbocycles. The molecule has 2 bridgehead atoms. The van der Waals surface area contributed by atoms with Gasteiger partial charge >= 0.3 is 6.09 Å². The van der Waals surface area contributed by atoms with Crippen molar-refractivity contribution >= 4 is 6.09 Å². The molecule has 0 aromatic rings. The Morgan fingerprint density at radius 3 is 2.53 bits per heavy atom. The Morgan fingerprint density at radius 2 is 2.07 bits per heavy atom. The number of fused-ring (bicyclic) bond motifs is 2. The van der Waals surface area contributed by atoms with Crippen molar-refractivity contribution in [2.45, 2.75) is 51.3 Å². The van der Waals surface area contributed by atoms with Crippen LogP contribution in [0.4, 0.5) is 4.79 Å². The Morgan fingerprint density at radius 1 is 1.40 bits per heavy atom. The van der Waals surface area contributed by atoms with Crippen molar-refractivity contribution in [3.8, 4) is 0 Å². The predicted octanol–water partition coefficient (Wildman–Crippen LogP) is 1.34. The summed E-state index contributed by atoms with van der Waals surface area (Å²) in [6.45, 7) is 6.49. The summed E-state index contributed by atoms with van der Waals surface area (Å²) < 4.78 is 5.35. The molecular formula is C11H20N2O2. The van der Waals surface area contributed by atoms with Crippen molar-refractivity contribution in [2.24, 2.45) is 11.7 Å². The molecule has 2 fully saturated rings. The number of nitrogens with two attached hydrogens (primary N) is 1. The minimum atomic E-state index is -0.414. The molecule has 0 spiro atoms. The molecular weight excluding hydrogens is 192 g/mol. The lowest BCUT2D eigenvalue weighted by Gasteiger charge is -2.33. The molecule has 1 amide bonds. The van der Waals surface area contributed by atoms with Gasteiger partial charge in [0.2, 0.25) is 0 Å². The monoisotopic (exact) mass is 212 g/mol. The fourth-order valence-electron chi connectivity index (χ4n) is 2.61. The van der Waals surface area contributed by atoms with Gasteiger partial charge in [-0.3, -0.25) is 0 Å². The van der Waals surface area contributed by atoms with Gasteiger partial charge in [0.15, 0.2) is 0 Å². The van der Waals surface area contributed by atoms with Crippen LogP contribution in [0.25, 0.3) is 0 Å². The number of piperidine rings is 1. The molecule has 1 heterocycles. The van der Waals surface area contributed by atoms with Crippen LogP contribution in [0.5, 0.6) is 0 Å². The van der Waals surface area contributed by atoms with Gasteiger partial charge in [-0.2, -0.15) is 0 Å². The largest absolute Gasteiger partial charge is 0.444 e. The number of rotatable bonds is 0. The van der Waals surface area contributed by atoms with E-state index >= 15 is 0 Å². The summed E-state index contributed by atoms with van der Waals surface area (Å²) in [6, 6.07) is 0.362. The second-order valence-corrected chi connectivity index (χ2v) is 5.70. The van der Waals surface area contributed by atoms with E-state index in [0.29, 0.717) is 5.92 Å². The molecule has 2 N–H and O–H groups in total. The van der Waals surface area contributed by atoms with E-state index < -0.39 is 5.60 Å². The highest BCUT2D eigenvalue weighted by Crippen LogP contribution is 2.37. The van der Waals surface area contributed by atoms with Crippen molar-refractivity contribution in [1.29, 1.82) is 0 Å². The average molecular weight is 212 g/mol. The molecule has 86 valence electrons. The van der Waals surface area contributed by atoms with Crippen molar-refractivity contribution in [3.63, 3.8) is 0 Å². The molecule has 0 radical (unpaired) electrons. The molecule has 1 aliphatic carbocycles. The highest BCUT2D eigenvalue weighted by atomic mass is 16.6. The van der Waals surface area contributed by atoms with Crippen molar-refractivity contribution < 1.29 is 9.53 Å². The van der Waals surface area contributed by atoms with Crippen molar-refractivity contribution in [1.82, 2.24) is 4.90 Å². The normalized spacial score (nSPS) is 34.7. The maximum atomic E-state index is 11.8. The molecule has 1 unspecified atom stereocenters. The summed E-state index contributed by atoms with van der Waals surface area (Å²) >= 11 is 0. The Bertz CT molecular complexity index is 272. The molecule has 3 atom stereocenters. The summed E-state index contributed by atoms with van der Waals surface area (Å²) in [6.07, 6.45) is 1.91. The van der Waals surface area contributed by atoms with Crippen molar-refractivity contribution in [3.05, 3.63) is 0 Å². The van der Waals surface area contributed by atoms with Crippen LogP contribution in [-0.4, -0.2) is 35.2 Å². The van der Waals surface area contributed by atoms with Crippen LogP contribution in [0.2, 0.25) is 0 Å². The second kappa shape index (κ2) is 3.37. The van der Waals surface area contributed by atoms with Crippen LogP contribution in [-0.2, 0) is 4.74 Å². The number of likely N-dealkylation sites (tertiary alicyclic amines) is 1. The molecule has 2 aliphatic rings. The number of carbonyl (C=O) groups is 1. The van der Waals surface area contributed by atoms with Gasteiger partial charge in [-0.05, 0) is 39.5 Å².